The number of carbonyl (C=O) groups excluding carboxylic acids is 1. The SMILES string of the molecule is CC(=O)SCCC(O)C(O)c1ccc2nc(C)[nH]c(=O)c2c1. The van der Waals surface area contributed by atoms with Crippen LogP contribution in [0.1, 0.15) is 30.8 Å². The molecule has 0 radical (unpaired) electrons. The number of fused-ring (bicyclic) bond motifs is 1. The van der Waals surface area contributed by atoms with Crippen LogP contribution in [0.25, 0.3) is 10.9 Å². The first-order chi connectivity index (χ1) is 10.4. The average Bonchev–Trinajstić information content (AvgIpc) is 2.45. The molecule has 2 unspecified atom stereocenters. The minimum atomic E-state index is -1.11. The fraction of sp³-hybridized carbons (Fsp3) is 0.400. The Hall–Kier alpha value is -1.70. The standard InChI is InChI=1S/C15H18N2O4S/c1-8-16-12-4-3-10(7-11(12)15(21)17-8)14(20)13(19)5-6-22-9(2)18/h3-4,7,13-14,19-20H,5-6H2,1-2H3,(H,16,17,21). The Balaban J connectivity index is 2.19. The van der Waals surface area contributed by atoms with Gasteiger partial charge in [-0.15, -0.1) is 0 Å². The molecule has 2 aromatic rings. The number of rotatable bonds is 5. The Kier molecular flexibility index (Phi) is 5.33. The summed E-state index contributed by atoms with van der Waals surface area (Å²) in [7, 11) is 0. The third-order valence-corrected chi connectivity index (χ3v) is 4.12. The molecule has 0 spiro atoms. The van der Waals surface area contributed by atoms with E-state index < -0.39 is 12.2 Å². The van der Waals surface area contributed by atoms with Gasteiger partial charge in [0, 0.05) is 12.7 Å². The van der Waals surface area contributed by atoms with Crippen molar-refractivity contribution < 1.29 is 15.0 Å². The number of hydrogen-bond donors (Lipinski definition) is 3. The maximum absolute atomic E-state index is 11.9. The van der Waals surface area contributed by atoms with Gasteiger partial charge < -0.3 is 15.2 Å². The summed E-state index contributed by atoms with van der Waals surface area (Å²) >= 11 is 1.10. The van der Waals surface area contributed by atoms with E-state index in [1.54, 1.807) is 19.1 Å². The van der Waals surface area contributed by atoms with Gasteiger partial charge in [-0.05, 0) is 31.0 Å². The van der Waals surface area contributed by atoms with Crippen LogP contribution in [0.4, 0.5) is 0 Å². The molecule has 0 aliphatic heterocycles. The van der Waals surface area contributed by atoms with Gasteiger partial charge in [-0.25, -0.2) is 4.98 Å². The number of nitrogens with zero attached hydrogens (tertiary/aromatic N) is 1. The van der Waals surface area contributed by atoms with E-state index in [0.717, 1.165) is 11.8 Å². The monoisotopic (exact) mass is 322 g/mol. The normalized spacial score (nSPS) is 14.0. The zero-order valence-electron chi connectivity index (χ0n) is 12.4. The predicted molar refractivity (Wildman–Crippen MR) is 85.8 cm³/mol. The van der Waals surface area contributed by atoms with Crippen LogP contribution in [-0.4, -0.2) is 37.2 Å². The van der Waals surface area contributed by atoms with Crippen LogP contribution < -0.4 is 5.56 Å². The first-order valence-corrected chi connectivity index (χ1v) is 7.87. The van der Waals surface area contributed by atoms with Crippen LogP contribution >= 0.6 is 11.8 Å². The summed E-state index contributed by atoms with van der Waals surface area (Å²) < 4.78 is 0. The zero-order valence-corrected chi connectivity index (χ0v) is 13.2. The molecule has 0 saturated carbocycles. The first kappa shape index (κ1) is 16.7. The summed E-state index contributed by atoms with van der Waals surface area (Å²) in [6, 6.07) is 4.82. The molecule has 2 atom stereocenters. The molecule has 0 aliphatic rings. The number of aliphatic hydroxyl groups is 2. The van der Waals surface area contributed by atoms with Crippen molar-refractivity contribution in [2.75, 3.05) is 5.75 Å². The minimum absolute atomic E-state index is 0.0274. The Morgan fingerprint density at radius 2 is 2.14 bits per heavy atom. The molecule has 1 heterocycles. The van der Waals surface area contributed by atoms with E-state index in [2.05, 4.69) is 9.97 Å². The number of aryl methyl sites for hydroxylation is 1. The van der Waals surface area contributed by atoms with Crippen molar-refractivity contribution in [2.24, 2.45) is 0 Å². The molecule has 0 bridgehead atoms. The Bertz CT molecular complexity index is 744. The summed E-state index contributed by atoms with van der Waals surface area (Å²) in [6.45, 7) is 3.15. The second-order valence-electron chi connectivity index (χ2n) is 5.07. The first-order valence-electron chi connectivity index (χ1n) is 6.88. The van der Waals surface area contributed by atoms with Crippen molar-refractivity contribution in [2.45, 2.75) is 32.5 Å². The molecular formula is C15H18N2O4S. The largest absolute Gasteiger partial charge is 0.390 e. The summed E-state index contributed by atoms with van der Waals surface area (Å²) in [4.78, 5) is 29.6. The molecule has 0 saturated heterocycles. The number of thioether (sulfide) groups is 1. The molecule has 7 heteroatoms. The van der Waals surface area contributed by atoms with Crippen LogP contribution in [-0.2, 0) is 4.79 Å². The van der Waals surface area contributed by atoms with E-state index in [4.69, 9.17) is 0 Å². The van der Waals surface area contributed by atoms with Crippen LogP contribution in [0.15, 0.2) is 23.0 Å². The van der Waals surface area contributed by atoms with E-state index in [-0.39, 0.29) is 17.1 Å². The molecule has 22 heavy (non-hydrogen) atoms. The quantitative estimate of drug-likeness (QED) is 0.766. The summed E-state index contributed by atoms with van der Waals surface area (Å²) in [5, 5.41) is 20.5. The Labute approximate surface area is 131 Å². The number of benzene rings is 1. The lowest BCUT2D eigenvalue weighted by atomic mass is 10.0. The highest BCUT2D eigenvalue weighted by Crippen LogP contribution is 2.22. The molecule has 118 valence electrons. The van der Waals surface area contributed by atoms with E-state index >= 15 is 0 Å². The number of H-pyrrole nitrogens is 1. The Morgan fingerprint density at radius 1 is 1.41 bits per heavy atom. The number of aromatic amines is 1. The van der Waals surface area contributed by atoms with Gasteiger partial charge in [0.1, 0.15) is 11.9 Å². The smallest absolute Gasteiger partial charge is 0.258 e. The summed E-state index contributed by atoms with van der Waals surface area (Å²) in [5.74, 6) is 0.953. The third kappa shape index (κ3) is 3.94. The maximum atomic E-state index is 11.9. The van der Waals surface area contributed by atoms with Gasteiger partial charge in [-0.1, -0.05) is 17.8 Å². The number of carbonyl (C=O) groups is 1. The molecule has 2 rings (SSSR count). The van der Waals surface area contributed by atoms with Gasteiger partial charge >= 0.3 is 0 Å². The molecule has 3 N–H and O–H groups in total. The molecule has 6 nitrogen and oxygen atoms in total. The highest BCUT2D eigenvalue weighted by atomic mass is 32.2. The van der Waals surface area contributed by atoms with Crippen molar-refractivity contribution in [3.05, 3.63) is 39.9 Å². The van der Waals surface area contributed by atoms with Gasteiger partial charge in [-0.2, -0.15) is 0 Å². The molecular weight excluding hydrogens is 304 g/mol. The predicted octanol–water partition coefficient (Wildman–Crippen LogP) is 1.30. The fourth-order valence-corrected chi connectivity index (χ4v) is 2.81. The molecule has 1 aromatic heterocycles. The van der Waals surface area contributed by atoms with Crippen molar-refractivity contribution in [3.8, 4) is 0 Å². The van der Waals surface area contributed by atoms with Crippen molar-refractivity contribution in [1.82, 2.24) is 9.97 Å². The topological polar surface area (TPSA) is 103 Å². The van der Waals surface area contributed by atoms with Gasteiger partial charge in [-0.3, -0.25) is 9.59 Å². The van der Waals surface area contributed by atoms with Crippen molar-refractivity contribution in [1.29, 1.82) is 0 Å². The van der Waals surface area contributed by atoms with Crippen LogP contribution in [0, 0.1) is 6.92 Å². The van der Waals surface area contributed by atoms with Crippen LogP contribution in [0.3, 0.4) is 0 Å². The van der Waals surface area contributed by atoms with E-state index in [0.29, 0.717) is 28.0 Å². The minimum Gasteiger partial charge on any atom is -0.390 e. The third-order valence-electron chi connectivity index (χ3n) is 3.27. The number of nitrogens with one attached hydrogen (secondary N) is 1. The average molecular weight is 322 g/mol. The van der Waals surface area contributed by atoms with Crippen LogP contribution in [0.2, 0.25) is 0 Å². The van der Waals surface area contributed by atoms with Crippen molar-refractivity contribution >= 4 is 27.8 Å². The van der Waals surface area contributed by atoms with Crippen LogP contribution in [0.5, 0.6) is 0 Å². The van der Waals surface area contributed by atoms with Gasteiger partial charge in [0.25, 0.3) is 5.56 Å². The maximum Gasteiger partial charge on any atom is 0.258 e. The van der Waals surface area contributed by atoms with E-state index in [9.17, 15) is 19.8 Å². The second-order valence-corrected chi connectivity index (χ2v) is 6.34. The lowest BCUT2D eigenvalue weighted by Gasteiger charge is -2.18. The van der Waals surface area contributed by atoms with Gasteiger partial charge in [0.05, 0.1) is 17.0 Å². The highest BCUT2D eigenvalue weighted by Gasteiger charge is 2.19. The highest BCUT2D eigenvalue weighted by molar-refractivity contribution is 8.13. The number of hydrogen-bond acceptors (Lipinski definition) is 6. The lowest BCUT2D eigenvalue weighted by molar-refractivity contribution is -0.109. The van der Waals surface area contributed by atoms with Crippen molar-refractivity contribution in [3.63, 3.8) is 0 Å². The molecule has 1 aromatic carbocycles. The zero-order chi connectivity index (χ0) is 16.3. The second kappa shape index (κ2) is 7.04. The fourth-order valence-electron chi connectivity index (χ4n) is 2.16. The van der Waals surface area contributed by atoms with E-state index in [1.165, 1.54) is 13.0 Å². The number of aromatic nitrogens is 2. The summed E-state index contributed by atoms with van der Waals surface area (Å²) in [5.41, 5.74) is 0.709. The number of aliphatic hydroxyl groups excluding tert-OH is 2. The van der Waals surface area contributed by atoms with Gasteiger partial charge in [0.15, 0.2) is 5.12 Å². The van der Waals surface area contributed by atoms with Gasteiger partial charge in [0.2, 0.25) is 0 Å². The molecule has 0 aliphatic carbocycles. The molecule has 0 fully saturated rings. The summed E-state index contributed by atoms with van der Waals surface area (Å²) in [6.07, 6.45) is -1.83. The molecule has 0 amide bonds. The van der Waals surface area contributed by atoms with E-state index in [1.807, 2.05) is 0 Å². The Morgan fingerprint density at radius 3 is 2.82 bits per heavy atom. The lowest BCUT2D eigenvalue weighted by Crippen LogP contribution is -2.20.